The van der Waals surface area contributed by atoms with E-state index in [1.54, 1.807) is 0 Å². The Hall–Kier alpha value is -2.43. The minimum Gasteiger partial charge on any atom is -0.391 e. The molecule has 11 heteroatoms. The number of hydrogen-bond donors (Lipinski definition) is 1. The molecule has 0 amide bonds. The van der Waals surface area contributed by atoms with Crippen LogP contribution in [-0.4, -0.2) is 33.3 Å². The van der Waals surface area contributed by atoms with Crippen LogP contribution < -0.4 is 0 Å². The van der Waals surface area contributed by atoms with E-state index in [4.69, 9.17) is 20.9 Å². The van der Waals surface area contributed by atoms with Crippen molar-refractivity contribution in [2.24, 2.45) is 0 Å². The number of ether oxygens (including phenoxy) is 1. The molecule has 0 spiro atoms. The third-order valence-electron chi connectivity index (χ3n) is 4.07. The lowest BCUT2D eigenvalue weighted by Crippen LogP contribution is -2.20. The van der Waals surface area contributed by atoms with Gasteiger partial charge in [0.2, 0.25) is 0 Å². The molecule has 6 nitrogen and oxygen atoms in total. The first-order chi connectivity index (χ1) is 13.6. The molecule has 0 radical (unpaired) electrons. The fourth-order valence-corrected chi connectivity index (χ4v) is 3.21. The molecule has 1 aromatic carbocycles. The summed E-state index contributed by atoms with van der Waals surface area (Å²) in [4.78, 5) is 0. The molecular weight excluding hydrogens is 418 g/mol. The Kier molecular flexibility index (Phi) is 5.97. The van der Waals surface area contributed by atoms with Gasteiger partial charge in [0.15, 0.2) is 11.5 Å². The van der Waals surface area contributed by atoms with Crippen molar-refractivity contribution in [3.63, 3.8) is 0 Å². The highest BCUT2D eigenvalue weighted by Crippen LogP contribution is 2.42. The van der Waals surface area contributed by atoms with Crippen LogP contribution in [0, 0.1) is 5.82 Å². The second kappa shape index (κ2) is 8.13. The molecule has 156 valence electrons. The largest absolute Gasteiger partial charge is 0.433 e. The van der Waals surface area contributed by atoms with Crippen molar-refractivity contribution >= 4 is 11.6 Å². The third kappa shape index (κ3) is 4.14. The van der Waals surface area contributed by atoms with Crippen molar-refractivity contribution in [2.75, 3.05) is 7.11 Å². The number of methoxy groups -OCH3 is 1. The Morgan fingerprint density at radius 2 is 2.07 bits per heavy atom. The molecule has 2 aromatic heterocycles. The van der Waals surface area contributed by atoms with Crippen LogP contribution in [0.4, 0.5) is 17.6 Å². The van der Waals surface area contributed by atoms with E-state index in [0.29, 0.717) is 4.68 Å². The standard InChI is InChI=1S/C18H16ClF4N3O3/c1-9(27)7-26-17(18(21,22)23)10(6-24-26)16-11(8-28-2)15(25-29-16)14-12(19)4-3-5-13(14)20/h3-6,9,27H,7-8H2,1-2H3/t9-/m1/s1. The van der Waals surface area contributed by atoms with E-state index in [1.807, 2.05) is 0 Å². The van der Waals surface area contributed by atoms with E-state index < -0.39 is 29.4 Å². The maximum Gasteiger partial charge on any atom is 0.433 e. The predicted molar refractivity (Wildman–Crippen MR) is 95.5 cm³/mol. The quantitative estimate of drug-likeness (QED) is 0.578. The minimum atomic E-state index is -4.80. The topological polar surface area (TPSA) is 73.3 Å². The molecule has 0 saturated heterocycles. The number of aromatic nitrogens is 3. The van der Waals surface area contributed by atoms with Gasteiger partial charge in [-0.05, 0) is 19.1 Å². The summed E-state index contributed by atoms with van der Waals surface area (Å²) in [5.41, 5.74) is -1.63. The molecule has 0 unspecified atom stereocenters. The molecule has 0 aliphatic heterocycles. The summed E-state index contributed by atoms with van der Waals surface area (Å²) in [6.45, 7) is 0.747. The number of rotatable bonds is 6. The molecular formula is C18H16ClF4N3O3. The van der Waals surface area contributed by atoms with Gasteiger partial charge in [0.05, 0.1) is 47.2 Å². The fourth-order valence-electron chi connectivity index (χ4n) is 2.96. The van der Waals surface area contributed by atoms with Gasteiger partial charge in [-0.25, -0.2) is 4.39 Å². The lowest BCUT2D eigenvalue weighted by Gasteiger charge is -2.13. The summed E-state index contributed by atoms with van der Waals surface area (Å²) >= 11 is 6.07. The lowest BCUT2D eigenvalue weighted by atomic mass is 10.0. The second-order valence-electron chi connectivity index (χ2n) is 6.30. The molecule has 0 saturated carbocycles. The highest BCUT2D eigenvalue weighted by atomic mass is 35.5. The van der Waals surface area contributed by atoms with Crippen molar-refractivity contribution in [1.29, 1.82) is 0 Å². The van der Waals surface area contributed by atoms with Gasteiger partial charge >= 0.3 is 6.18 Å². The summed E-state index contributed by atoms with van der Waals surface area (Å²) in [7, 11) is 1.32. The van der Waals surface area contributed by atoms with Crippen molar-refractivity contribution in [3.8, 4) is 22.6 Å². The van der Waals surface area contributed by atoms with E-state index in [-0.39, 0.29) is 40.8 Å². The summed E-state index contributed by atoms with van der Waals surface area (Å²) in [5, 5.41) is 17.0. The number of halogens is 5. The minimum absolute atomic E-state index is 0.0167. The van der Waals surface area contributed by atoms with Gasteiger partial charge in [-0.3, -0.25) is 4.68 Å². The molecule has 0 aliphatic rings. The molecule has 2 heterocycles. The van der Waals surface area contributed by atoms with Gasteiger partial charge < -0.3 is 14.4 Å². The lowest BCUT2D eigenvalue weighted by molar-refractivity contribution is -0.144. The van der Waals surface area contributed by atoms with Gasteiger partial charge in [0.1, 0.15) is 11.5 Å². The first-order valence-corrected chi connectivity index (χ1v) is 8.76. The Bertz CT molecular complexity index is 994. The average molecular weight is 434 g/mol. The average Bonchev–Trinajstić information content (AvgIpc) is 3.19. The van der Waals surface area contributed by atoms with Crippen LogP contribution in [0.2, 0.25) is 5.02 Å². The second-order valence-corrected chi connectivity index (χ2v) is 6.71. The number of aliphatic hydroxyl groups is 1. The van der Waals surface area contributed by atoms with Crippen LogP contribution in [0.15, 0.2) is 28.9 Å². The van der Waals surface area contributed by atoms with Crippen LogP contribution in [-0.2, 0) is 24.1 Å². The zero-order valence-electron chi connectivity index (χ0n) is 15.3. The Morgan fingerprint density at radius 3 is 2.66 bits per heavy atom. The summed E-state index contributed by atoms with van der Waals surface area (Å²) in [5.74, 6) is -0.985. The molecule has 1 N–H and O–H groups in total. The number of hydrogen-bond acceptors (Lipinski definition) is 5. The summed E-state index contributed by atoms with van der Waals surface area (Å²) in [6.07, 6.45) is -4.91. The maximum atomic E-state index is 14.4. The molecule has 1 atom stereocenters. The van der Waals surface area contributed by atoms with Crippen LogP contribution in [0.1, 0.15) is 18.2 Å². The highest BCUT2D eigenvalue weighted by Gasteiger charge is 2.41. The molecule has 0 bridgehead atoms. The van der Waals surface area contributed by atoms with Crippen LogP contribution in [0.25, 0.3) is 22.6 Å². The van der Waals surface area contributed by atoms with Crippen molar-refractivity contribution in [3.05, 3.63) is 46.5 Å². The molecule has 3 aromatic rings. The van der Waals surface area contributed by atoms with Crippen molar-refractivity contribution in [1.82, 2.24) is 14.9 Å². The van der Waals surface area contributed by atoms with Gasteiger partial charge in [-0.2, -0.15) is 18.3 Å². The maximum absolute atomic E-state index is 14.4. The zero-order valence-corrected chi connectivity index (χ0v) is 16.1. The Labute approximate surface area is 167 Å². The number of alkyl halides is 3. The normalized spacial score (nSPS) is 13.1. The Morgan fingerprint density at radius 1 is 1.34 bits per heavy atom. The number of nitrogens with zero attached hydrogens (tertiary/aromatic N) is 3. The first-order valence-electron chi connectivity index (χ1n) is 8.38. The predicted octanol–water partition coefficient (Wildman–Crippen LogP) is 4.54. The monoisotopic (exact) mass is 433 g/mol. The van der Waals surface area contributed by atoms with E-state index in [9.17, 15) is 22.7 Å². The SMILES string of the molecule is COCc1c(-c2c(F)cccc2Cl)noc1-c1cnn(C[C@@H](C)O)c1C(F)(F)F. The van der Waals surface area contributed by atoms with Gasteiger partial charge in [-0.15, -0.1) is 0 Å². The van der Waals surface area contributed by atoms with E-state index >= 15 is 0 Å². The Balaban J connectivity index is 2.23. The third-order valence-corrected chi connectivity index (χ3v) is 4.38. The summed E-state index contributed by atoms with van der Waals surface area (Å²) < 4.78 is 66.5. The molecule has 0 fully saturated rings. The van der Waals surface area contributed by atoms with Crippen LogP contribution in [0.5, 0.6) is 0 Å². The van der Waals surface area contributed by atoms with Crippen molar-refractivity contribution < 1.29 is 31.9 Å². The van der Waals surface area contributed by atoms with Gasteiger partial charge in [0, 0.05) is 7.11 Å². The summed E-state index contributed by atoms with van der Waals surface area (Å²) in [6, 6.07) is 3.96. The number of aliphatic hydroxyl groups excluding tert-OH is 1. The fraction of sp³-hybridized carbons (Fsp3) is 0.333. The van der Waals surface area contributed by atoms with Crippen LogP contribution >= 0.6 is 11.6 Å². The number of benzene rings is 1. The molecule has 29 heavy (non-hydrogen) atoms. The van der Waals surface area contributed by atoms with E-state index in [0.717, 1.165) is 12.3 Å². The molecule has 3 rings (SSSR count). The van der Waals surface area contributed by atoms with Crippen molar-refractivity contribution in [2.45, 2.75) is 32.4 Å². The zero-order chi connectivity index (χ0) is 21.3. The van der Waals surface area contributed by atoms with E-state index in [1.165, 1.54) is 26.2 Å². The van der Waals surface area contributed by atoms with E-state index in [2.05, 4.69) is 10.3 Å². The highest BCUT2D eigenvalue weighted by molar-refractivity contribution is 6.33. The van der Waals surface area contributed by atoms with Gasteiger partial charge in [0.25, 0.3) is 0 Å². The first kappa shape index (κ1) is 21.3. The molecule has 0 aliphatic carbocycles. The van der Waals surface area contributed by atoms with Crippen LogP contribution in [0.3, 0.4) is 0 Å². The van der Waals surface area contributed by atoms with Gasteiger partial charge in [-0.1, -0.05) is 22.8 Å². The smallest absolute Gasteiger partial charge is 0.391 e.